The Labute approximate surface area is 86.5 Å². The Morgan fingerprint density at radius 2 is 2.36 bits per heavy atom. The summed E-state index contributed by atoms with van der Waals surface area (Å²) in [7, 11) is 3.98. The van der Waals surface area contributed by atoms with Crippen LogP contribution in [0, 0.1) is 5.92 Å². The van der Waals surface area contributed by atoms with E-state index in [-0.39, 0.29) is 0 Å². The first kappa shape index (κ1) is 11.2. The number of hydrogen-bond donors (Lipinski definition) is 1. The highest BCUT2D eigenvalue weighted by atomic mass is 15.2. The zero-order chi connectivity index (χ0) is 10.4. The van der Waals surface area contributed by atoms with E-state index in [1.807, 2.05) is 25.0 Å². The predicted octanol–water partition coefficient (Wildman–Crippen LogP) is 1.60. The first-order chi connectivity index (χ1) is 6.76. The molecule has 1 heterocycles. The summed E-state index contributed by atoms with van der Waals surface area (Å²) in [5.41, 5.74) is 1.21. The van der Waals surface area contributed by atoms with Gasteiger partial charge in [-0.15, -0.1) is 0 Å². The van der Waals surface area contributed by atoms with Crippen molar-refractivity contribution in [1.82, 2.24) is 15.1 Å². The van der Waals surface area contributed by atoms with Gasteiger partial charge in [0.2, 0.25) is 0 Å². The van der Waals surface area contributed by atoms with E-state index in [9.17, 15) is 0 Å². The minimum Gasteiger partial charge on any atom is -0.319 e. The highest BCUT2D eigenvalue weighted by Crippen LogP contribution is 2.11. The van der Waals surface area contributed by atoms with Crippen molar-refractivity contribution in [2.75, 3.05) is 13.6 Å². The topological polar surface area (TPSA) is 29.9 Å². The van der Waals surface area contributed by atoms with Gasteiger partial charge in [0.15, 0.2) is 0 Å². The minimum atomic E-state index is 0.722. The van der Waals surface area contributed by atoms with E-state index >= 15 is 0 Å². The molecule has 0 aliphatic carbocycles. The monoisotopic (exact) mass is 195 g/mol. The SMILES string of the molecule is CCCC(CNC)Cc1ccn(C)n1. The molecule has 0 aliphatic rings. The van der Waals surface area contributed by atoms with Gasteiger partial charge in [0.25, 0.3) is 0 Å². The standard InChI is InChI=1S/C11H21N3/c1-4-5-10(9-12-2)8-11-6-7-14(3)13-11/h6-7,10,12H,4-5,8-9H2,1-3H3. The van der Waals surface area contributed by atoms with E-state index in [2.05, 4.69) is 23.4 Å². The van der Waals surface area contributed by atoms with Crippen LogP contribution in [0.4, 0.5) is 0 Å². The molecule has 1 aromatic rings. The van der Waals surface area contributed by atoms with Gasteiger partial charge in [0.1, 0.15) is 0 Å². The summed E-state index contributed by atoms with van der Waals surface area (Å²) in [6.07, 6.45) is 5.63. The number of nitrogens with zero attached hydrogens (tertiary/aromatic N) is 2. The second-order valence-electron chi connectivity index (χ2n) is 3.90. The lowest BCUT2D eigenvalue weighted by atomic mass is 9.98. The average molecular weight is 195 g/mol. The Bertz CT molecular complexity index is 249. The minimum absolute atomic E-state index is 0.722. The Hall–Kier alpha value is -0.830. The highest BCUT2D eigenvalue weighted by molar-refractivity contribution is 5.00. The van der Waals surface area contributed by atoms with Crippen LogP contribution in [0.3, 0.4) is 0 Å². The molecule has 0 amide bonds. The smallest absolute Gasteiger partial charge is 0.0627 e. The maximum absolute atomic E-state index is 4.40. The summed E-state index contributed by atoms with van der Waals surface area (Å²) >= 11 is 0. The Balaban J connectivity index is 2.46. The molecule has 1 N–H and O–H groups in total. The van der Waals surface area contributed by atoms with Gasteiger partial charge in [-0.2, -0.15) is 5.10 Å². The average Bonchev–Trinajstić information content (AvgIpc) is 2.52. The largest absolute Gasteiger partial charge is 0.319 e. The number of hydrogen-bond acceptors (Lipinski definition) is 2. The van der Waals surface area contributed by atoms with Crippen molar-refractivity contribution in [2.24, 2.45) is 13.0 Å². The zero-order valence-electron chi connectivity index (χ0n) is 9.45. The molecule has 80 valence electrons. The second kappa shape index (κ2) is 5.81. The van der Waals surface area contributed by atoms with Crippen molar-refractivity contribution < 1.29 is 0 Å². The number of nitrogens with one attached hydrogen (secondary N) is 1. The second-order valence-corrected chi connectivity index (χ2v) is 3.90. The summed E-state index contributed by atoms with van der Waals surface area (Å²) < 4.78 is 1.87. The van der Waals surface area contributed by atoms with E-state index in [1.54, 1.807) is 0 Å². The van der Waals surface area contributed by atoms with Crippen LogP contribution in [-0.2, 0) is 13.5 Å². The van der Waals surface area contributed by atoms with Gasteiger partial charge >= 0.3 is 0 Å². The summed E-state index contributed by atoms with van der Waals surface area (Å²) in [6.45, 7) is 3.32. The fraction of sp³-hybridized carbons (Fsp3) is 0.727. The first-order valence-electron chi connectivity index (χ1n) is 5.39. The lowest BCUT2D eigenvalue weighted by Gasteiger charge is -2.13. The number of aryl methyl sites for hydroxylation is 1. The third-order valence-corrected chi connectivity index (χ3v) is 2.46. The summed E-state index contributed by atoms with van der Waals surface area (Å²) in [5.74, 6) is 0.722. The molecule has 3 nitrogen and oxygen atoms in total. The van der Waals surface area contributed by atoms with E-state index < -0.39 is 0 Å². The van der Waals surface area contributed by atoms with Crippen molar-refractivity contribution in [1.29, 1.82) is 0 Å². The molecule has 0 aromatic carbocycles. The molecule has 1 aromatic heterocycles. The molecule has 0 fully saturated rings. The van der Waals surface area contributed by atoms with Crippen molar-refractivity contribution in [3.63, 3.8) is 0 Å². The zero-order valence-corrected chi connectivity index (χ0v) is 9.45. The molecular formula is C11H21N3. The van der Waals surface area contributed by atoms with E-state index in [0.717, 1.165) is 18.9 Å². The molecule has 0 bridgehead atoms. The van der Waals surface area contributed by atoms with E-state index in [1.165, 1.54) is 18.5 Å². The van der Waals surface area contributed by atoms with Gasteiger partial charge in [-0.05, 0) is 38.4 Å². The van der Waals surface area contributed by atoms with Crippen LogP contribution in [0.15, 0.2) is 12.3 Å². The van der Waals surface area contributed by atoms with Crippen molar-refractivity contribution >= 4 is 0 Å². The van der Waals surface area contributed by atoms with Crippen molar-refractivity contribution in [3.05, 3.63) is 18.0 Å². The Morgan fingerprint density at radius 1 is 1.57 bits per heavy atom. The number of rotatable bonds is 6. The fourth-order valence-corrected chi connectivity index (χ4v) is 1.84. The van der Waals surface area contributed by atoms with E-state index in [0.29, 0.717) is 0 Å². The maximum atomic E-state index is 4.40. The van der Waals surface area contributed by atoms with Crippen molar-refractivity contribution in [2.45, 2.75) is 26.2 Å². The molecule has 0 saturated heterocycles. The molecule has 14 heavy (non-hydrogen) atoms. The molecule has 0 spiro atoms. The van der Waals surface area contributed by atoms with Gasteiger partial charge in [0, 0.05) is 13.2 Å². The lowest BCUT2D eigenvalue weighted by molar-refractivity contribution is 0.450. The molecule has 0 aliphatic heterocycles. The molecule has 0 saturated carbocycles. The van der Waals surface area contributed by atoms with Crippen LogP contribution in [0.1, 0.15) is 25.5 Å². The summed E-state index contributed by atoms with van der Waals surface area (Å²) in [5, 5.41) is 7.65. The van der Waals surface area contributed by atoms with Crippen molar-refractivity contribution in [3.8, 4) is 0 Å². The summed E-state index contributed by atoms with van der Waals surface area (Å²) in [6, 6.07) is 2.11. The molecular weight excluding hydrogens is 174 g/mol. The lowest BCUT2D eigenvalue weighted by Crippen LogP contribution is -2.20. The third-order valence-electron chi connectivity index (χ3n) is 2.46. The highest BCUT2D eigenvalue weighted by Gasteiger charge is 2.09. The van der Waals surface area contributed by atoms with Crippen LogP contribution >= 0.6 is 0 Å². The van der Waals surface area contributed by atoms with Crippen LogP contribution in [0.2, 0.25) is 0 Å². The molecule has 0 radical (unpaired) electrons. The van der Waals surface area contributed by atoms with Crippen LogP contribution in [-0.4, -0.2) is 23.4 Å². The van der Waals surface area contributed by atoms with E-state index in [4.69, 9.17) is 0 Å². The number of aromatic nitrogens is 2. The fourth-order valence-electron chi connectivity index (χ4n) is 1.84. The predicted molar refractivity (Wildman–Crippen MR) is 59.2 cm³/mol. The van der Waals surface area contributed by atoms with Crippen LogP contribution < -0.4 is 5.32 Å². The Kier molecular flexibility index (Phi) is 4.66. The third kappa shape index (κ3) is 3.50. The van der Waals surface area contributed by atoms with Gasteiger partial charge in [-0.25, -0.2) is 0 Å². The van der Waals surface area contributed by atoms with Crippen LogP contribution in [0.5, 0.6) is 0 Å². The Morgan fingerprint density at radius 3 is 2.86 bits per heavy atom. The molecule has 1 unspecified atom stereocenters. The van der Waals surface area contributed by atoms with Gasteiger partial charge in [-0.1, -0.05) is 13.3 Å². The maximum Gasteiger partial charge on any atom is 0.0627 e. The van der Waals surface area contributed by atoms with Gasteiger partial charge < -0.3 is 5.32 Å². The van der Waals surface area contributed by atoms with Gasteiger partial charge in [-0.3, -0.25) is 4.68 Å². The molecule has 1 rings (SSSR count). The van der Waals surface area contributed by atoms with Gasteiger partial charge in [0.05, 0.1) is 5.69 Å². The normalized spacial score (nSPS) is 13.1. The molecule has 3 heteroatoms. The quantitative estimate of drug-likeness (QED) is 0.747. The summed E-state index contributed by atoms with van der Waals surface area (Å²) in [4.78, 5) is 0. The van der Waals surface area contributed by atoms with Crippen LogP contribution in [0.25, 0.3) is 0 Å². The molecule has 1 atom stereocenters. The first-order valence-corrected chi connectivity index (χ1v) is 5.39.